The van der Waals surface area contributed by atoms with Crippen LogP contribution in [0, 0.1) is 0 Å². The number of amides is 1. The second kappa shape index (κ2) is 10.0. The van der Waals surface area contributed by atoms with Crippen LogP contribution in [0.15, 0.2) is 83.7 Å². The summed E-state index contributed by atoms with van der Waals surface area (Å²) in [5, 5.41) is 8.47. The highest BCUT2D eigenvalue weighted by molar-refractivity contribution is 7.07. The molecule has 0 unspecified atom stereocenters. The molecule has 31 heavy (non-hydrogen) atoms. The van der Waals surface area contributed by atoms with Gasteiger partial charge >= 0.3 is 0 Å². The fourth-order valence-electron chi connectivity index (χ4n) is 3.42. The number of carbonyl (C=O) groups excluding carboxylic acids is 1. The van der Waals surface area contributed by atoms with Gasteiger partial charge in [-0.2, -0.15) is 0 Å². The van der Waals surface area contributed by atoms with E-state index in [-0.39, 0.29) is 5.91 Å². The minimum absolute atomic E-state index is 0.112. The SMILES string of the molecule is CCc1ccc(-c2ccccc2C(=O)Nc2ccc(NCCc3cscn3)cc2)cc1. The summed E-state index contributed by atoms with van der Waals surface area (Å²) < 4.78 is 0. The van der Waals surface area contributed by atoms with E-state index in [4.69, 9.17) is 0 Å². The summed E-state index contributed by atoms with van der Waals surface area (Å²) in [4.78, 5) is 17.3. The van der Waals surface area contributed by atoms with Crippen LogP contribution in [0.1, 0.15) is 28.5 Å². The van der Waals surface area contributed by atoms with Crippen molar-refractivity contribution >= 4 is 28.6 Å². The average molecular weight is 428 g/mol. The number of thiazole rings is 1. The van der Waals surface area contributed by atoms with Gasteiger partial charge in [0.05, 0.1) is 11.2 Å². The minimum Gasteiger partial charge on any atom is -0.385 e. The summed E-state index contributed by atoms with van der Waals surface area (Å²) in [6.07, 6.45) is 1.89. The van der Waals surface area contributed by atoms with Gasteiger partial charge < -0.3 is 10.6 Å². The van der Waals surface area contributed by atoms with E-state index < -0.39 is 0 Å². The van der Waals surface area contributed by atoms with Crippen molar-refractivity contribution in [1.29, 1.82) is 0 Å². The van der Waals surface area contributed by atoms with Crippen LogP contribution in [0.25, 0.3) is 11.1 Å². The maximum atomic E-state index is 13.0. The second-order valence-electron chi connectivity index (χ2n) is 7.28. The van der Waals surface area contributed by atoms with Gasteiger partial charge in [0.1, 0.15) is 0 Å². The van der Waals surface area contributed by atoms with Crippen LogP contribution in [-0.4, -0.2) is 17.4 Å². The molecule has 1 heterocycles. The third-order valence-corrected chi connectivity index (χ3v) is 5.82. The largest absolute Gasteiger partial charge is 0.385 e. The second-order valence-corrected chi connectivity index (χ2v) is 8.00. The molecule has 4 aromatic rings. The lowest BCUT2D eigenvalue weighted by Crippen LogP contribution is -2.13. The molecule has 4 rings (SSSR count). The van der Waals surface area contributed by atoms with Crippen LogP contribution in [0.3, 0.4) is 0 Å². The molecule has 0 aliphatic rings. The maximum absolute atomic E-state index is 13.0. The van der Waals surface area contributed by atoms with Crippen LogP contribution in [0.5, 0.6) is 0 Å². The first kappa shape index (κ1) is 20.8. The molecule has 2 N–H and O–H groups in total. The molecule has 0 saturated carbocycles. The third-order valence-electron chi connectivity index (χ3n) is 5.18. The summed E-state index contributed by atoms with van der Waals surface area (Å²) >= 11 is 1.61. The van der Waals surface area contributed by atoms with Crippen molar-refractivity contribution in [3.63, 3.8) is 0 Å². The first-order chi connectivity index (χ1) is 15.2. The number of carbonyl (C=O) groups is 1. The monoisotopic (exact) mass is 427 g/mol. The fourth-order valence-corrected chi connectivity index (χ4v) is 4.01. The molecule has 0 saturated heterocycles. The molecule has 4 nitrogen and oxygen atoms in total. The average Bonchev–Trinajstić information content (AvgIpc) is 3.34. The molecule has 0 radical (unpaired) electrons. The highest BCUT2D eigenvalue weighted by Crippen LogP contribution is 2.25. The van der Waals surface area contributed by atoms with Gasteiger partial charge in [-0.25, -0.2) is 4.98 Å². The lowest BCUT2D eigenvalue weighted by atomic mass is 9.98. The number of benzene rings is 3. The predicted octanol–water partition coefficient (Wildman–Crippen LogP) is 6.28. The molecule has 0 atom stereocenters. The highest BCUT2D eigenvalue weighted by Gasteiger charge is 2.12. The third kappa shape index (κ3) is 5.38. The number of anilines is 2. The fraction of sp³-hybridized carbons (Fsp3) is 0.154. The first-order valence-electron chi connectivity index (χ1n) is 10.4. The van der Waals surface area contributed by atoms with E-state index in [1.54, 1.807) is 11.3 Å². The summed E-state index contributed by atoms with van der Waals surface area (Å²) in [5.74, 6) is -0.112. The Morgan fingerprint density at radius 3 is 2.39 bits per heavy atom. The number of hydrogen-bond acceptors (Lipinski definition) is 4. The molecular weight excluding hydrogens is 402 g/mol. The lowest BCUT2D eigenvalue weighted by Gasteiger charge is -2.12. The smallest absolute Gasteiger partial charge is 0.256 e. The van der Waals surface area contributed by atoms with Crippen LogP contribution >= 0.6 is 11.3 Å². The van der Waals surface area contributed by atoms with Crippen molar-refractivity contribution in [2.75, 3.05) is 17.2 Å². The molecule has 0 fully saturated rings. The Balaban J connectivity index is 1.41. The van der Waals surface area contributed by atoms with Gasteiger partial charge in [-0.05, 0) is 53.4 Å². The maximum Gasteiger partial charge on any atom is 0.256 e. The Kier molecular flexibility index (Phi) is 6.75. The Hall–Kier alpha value is -3.44. The number of nitrogens with one attached hydrogen (secondary N) is 2. The van der Waals surface area contributed by atoms with E-state index in [2.05, 4.69) is 52.2 Å². The topological polar surface area (TPSA) is 54.0 Å². The summed E-state index contributed by atoms with van der Waals surface area (Å²) in [6, 6.07) is 23.9. The van der Waals surface area contributed by atoms with Gasteiger partial charge in [0.2, 0.25) is 0 Å². The Morgan fingerprint density at radius 2 is 1.68 bits per heavy atom. The van der Waals surface area contributed by atoms with Crippen molar-refractivity contribution in [1.82, 2.24) is 4.98 Å². The van der Waals surface area contributed by atoms with Crippen molar-refractivity contribution in [3.8, 4) is 11.1 Å². The van der Waals surface area contributed by atoms with Crippen molar-refractivity contribution in [2.24, 2.45) is 0 Å². The Bertz CT molecular complexity index is 1120. The summed E-state index contributed by atoms with van der Waals surface area (Å²) in [6.45, 7) is 2.96. The number of nitrogens with zero attached hydrogens (tertiary/aromatic N) is 1. The highest BCUT2D eigenvalue weighted by atomic mass is 32.1. The number of rotatable bonds is 8. The zero-order chi connectivity index (χ0) is 21.5. The zero-order valence-corrected chi connectivity index (χ0v) is 18.3. The van der Waals surface area contributed by atoms with Crippen LogP contribution in [-0.2, 0) is 12.8 Å². The lowest BCUT2D eigenvalue weighted by molar-refractivity contribution is 0.102. The molecule has 0 bridgehead atoms. The molecule has 0 aliphatic heterocycles. The van der Waals surface area contributed by atoms with E-state index >= 15 is 0 Å². The summed E-state index contributed by atoms with van der Waals surface area (Å²) in [7, 11) is 0. The van der Waals surface area contributed by atoms with Crippen LogP contribution < -0.4 is 10.6 Å². The van der Waals surface area contributed by atoms with E-state index in [9.17, 15) is 4.79 Å². The molecule has 3 aromatic carbocycles. The van der Waals surface area contributed by atoms with E-state index in [1.165, 1.54) is 5.56 Å². The van der Waals surface area contributed by atoms with Gasteiger partial charge in [0.25, 0.3) is 5.91 Å². The van der Waals surface area contributed by atoms with Gasteiger partial charge in [0, 0.05) is 35.3 Å². The van der Waals surface area contributed by atoms with Crippen molar-refractivity contribution in [2.45, 2.75) is 19.8 Å². The quantitative estimate of drug-likeness (QED) is 0.348. The molecular formula is C26H25N3OS. The number of aromatic nitrogens is 1. The van der Waals surface area contributed by atoms with Crippen LogP contribution in [0.4, 0.5) is 11.4 Å². The van der Waals surface area contributed by atoms with E-state index in [1.807, 2.05) is 54.0 Å². The molecule has 1 amide bonds. The van der Waals surface area contributed by atoms with Crippen molar-refractivity contribution < 1.29 is 4.79 Å². The molecule has 5 heteroatoms. The van der Waals surface area contributed by atoms with Crippen molar-refractivity contribution in [3.05, 3.63) is 101 Å². The molecule has 156 valence electrons. The van der Waals surface area contributed by atoms with E-state index in [0.29, 0.717) is 5.56 Å². The number of hydrogen-bond donors (Lipinski definition) is 2. The first-order valence-corrected chi connectivity index (χ1v) is 11.4. The Morgan fingerprint density at radius 1 is 0.935 bits per heavy atom. The van der Waals surface area contributed by atoms with Gasteiger partial charge in [0.15, 0.2) is 0 Å². The van der Waals surface area contributed by atoms with Gasteiger partial charge in [-0.15, -0.1) is 11.3 Å². The minimum atomic E-state index is -0.112. The molecule has 0 spiro atoms. The van der Waals surface area contributed by atoms with E-state index in [0.717, 1.165) is 47.6 Å². The summed E-state index contributed by atoms with van der Waals surface area (Å²) in [5.41, 5.74) is 8.67. The van der Waals surface area contributed by atoms with Gasteiger partial charge in [-0.1, -0.05) is 49.4 Å². The van der Waals surface area contributed by atoms with Gasteiger partial charge in [-0.3, -0.25) is 4.79 Å². The van der Waals surface area contributed by atoms with Crippen LogP contribution in [0.2, 0.25) is 0 Å². The number of aryl methyl sites for hydroxylation is 1. The zero-order valence-electron chi connectivity index (χ0n) is 17.5. The predicted molar refractivity (Wildman–Crippen MR) is 130 cm³/mol. The normalized spacial score (nSPS) is 10.6. The Labute approximate surface area is 187 Å². The molecule has 0 aliphatic carbocycles. The standard InChI is InChI=1S/C26H25N3OS/c1-2-19-7-9-20(10-8-19)24-5-3-4-6-25(24)26(30)29-22-13-11-21(12-14-22)27-16-15-23-17-31-18-28-23/h3-14,17-18,27H,2,15-16H2,1H3,(H,29,30). The molecule has 1 aromatic heterocycles.